The largest absolute Gasteiger partial charge is 0.385 e. The number of anilines is 2. The summed E-state index contributed by atoms with van der Waals surface area (Å²) in [6.45, 7) is 6.13. The van der Waals surface area contributed by atoms with Gasteiger partial charge >= 0.3 is 0 Å². The van der Waals surface area contributed by atoms with E-state index in [-0.39, 0.29) is 0 Å². The summed E-state index contributed by atoms with van der Waals surface area (Å²) in [7, 11) is 0. The van der Waals surface area contributed by atoms with Gasteiger partial charge in [0.25, 0.3) is 0 Å². The minimum atomic E-state index is 0.937. The van der Waals surface area contributed by atoms with Crippen molar-refractivity contribution in [3.8, 4) is 0 Å². The zero-order valence-corrected chi connectivity index (χ0v) is 16.3. The summed E-state index contributed by atoms with van der Waals surface area (Å²) < 4.78 is 0. The third-order valence-corrected chi connectivity index (χ3v) is 5.59. The number of fused-ring (bicyclic) bond motifs is 7. The molecule has 2 N–H and O–H groups in total. The smallest absolute Gasteiger partial charge is 0.0346 e. The predicted molar refractivity (Wildman–Crippen MR) is 125 cm³/mol. The Morgan fingerprint density at radius 2 is 0.821 bits per heavy atom. The van der Waals surface area contributed by atoms with Crippen LogP contribution in [0.25, 0.3) is 43.1 Å². The quantitative estimate of drug-likeness (QED) is 0.330. The lowest BCUT2D eigenvalue weighted by molar-refractivity contribution is 1.21. The topological polar surface area (TPSA) is 24.1 Å². The molecule has 0 fully saturated rings. The maximum atomic E-state index is 3.41. The first-order valence-corrected chi connectivity index (χ1v) is 10.1. The van der Waals surface area contributed by atoms with Crippen LogP contribution in [0.3, 0.4) is 0 Å². The minimum absolute atomic E-state index is 0.937. The average molecular weight is 364 g/mol. The summed E-state index contributed by atoms with van der Waals surface area (Å²) in [4.78, 5) is 0. The van der Waals surface area contributed by atoms with E-state index in [1.54, 1.807) is 0 Å². The summed E-state index contributed by atoms with van der Waals surface area (Å²) in [5.74, 6) is 0. The SMILES string of the molecule is CCNc1ccc2c(ccc3c2ccc2c4ccc(NCC)cc4ccc23)c1. The molecule has 0 saturated heterocycles. The standard InChI is InChI=1S/C26H24N2/c1-3-27-19-7-11-21-17(15-19)5-9-25-23(21)13-14-24-22-12-8-20(28-4-2)16-18(22)6-10-26(24)25/h5-16,27-28H,3-4H2,1-2H3. The van der Waals surface area contributed by atoms with Gasteiger partial charge in [-0.1, -0.05) is 48.5 Å². The fraction of sp³-hybridized carbons (Fsp3) is 0.154. The van der Waals surface area contributed by atoms with Crippen LogP contribution in [0.2, 0.25) is 0 Å². The number of rotatable bonds is 4. The zero-order chi connectivity index (χ0) is 19.1. The highest BCUT2D eigenvalue weighted by Crippen LogP contribution is 2.35. The number of hydrogen-bond acceptors (Lipinski definition) is 2. The molecule has 0 unspecified atom stereocenters. The van der Waals surface area contributed by atoms with Gasteiger partial charge in [0.05, 0.1) is 0 Å². The Bertz CT molecular complexity index is 1230. The lowest BCUT2D eigenvalue weighted by Crippen LogP contribution is -1.96. The molecule has 138 valence electrons. The Labute approximate surface area is 165 Å². The first kappa shape index (κ1) is 16.9. The second kappa shape index (κ2) is 6.72. The molecule has 0 spiro atoms. The molecule has 0 aromatic heterocycles. The Morgan fingerprint density at radius 1 is 0.464 bits per heavy atom. The van der Waals surface area contributed by atoms with E-state index in [0.717, 1.165) is 13.1 Å². The molecule has 28 heavy (non-hydrogen) atoms. The van der Waals surface area contributed by atoms with E-state index in [1.165, 1.54) is 54.5 Å². The van der Waals surface area contributed by atoms with Gasteiger partial charge in [0, 0.05) is 24.5 Å². The number of benzene rings is 5. The van der Waals surface area contributed by atoms with Gasteiger partial charge in [0.15, 0.2) is 0 Å². The third kappa shape index (κ3) is 2.65. The molecule has 2 nitrogen and oxygen atoms in total. The number of hydrogen-bond donors (Lipinski definition) is 2. The molecule has 5 rings (SSSR count). The van der Waals surface area contributed by atoms with Crippen molar-refractivity contribution in [1.82, 2.24) is 0 Å². The molecule has 0 atom stereocenters. The third-order valence-electron chi connectivity index (χ3n) is 5.59. The normalized spacial score (nSPS) is 11.5. The fourth-order valence-electron chi connectivity index (χ4n) is 4.33. The highest BCUT2D eigenvalue weighted by atomic mass is 14.9. The van der Waals surface area contributed by atoms with E-state index in [4.69, 9.17) is 0 Å². The van der Waals surface area contributed by atoms with Crippen LogP contribution >= 0.6 is 0 Å². The molecule has 0 aliphatic rings. The minimum Gasteiger partial charge on any atom is -0.385 e. The van der Waals surface area contributed by atoms with Gasteiger partial charge in [0.2, 0.25) is 0 Å². The highest BCUT2D eigenvalue weighted by molar-refractivity contribution is 6.22. The lowest BCUT2D eigenvalue weighted by atomic mass is 9.94. The maximum absolute atomic E-state index is 3.41. The second-order valence-electron chi connectivity index (χ2n) is 7.32. The van der Waals surface area contributed by atoms with Gasteiger partial charge in [-0.2, -0.15) is 0 Å². The van der Waals surface area contributed by atoms with Gasteiger partial charge in [-0.3, -0.25) is 0 Å². The Morgan fingerprint density at radius 3 is 1.25 bits per heavy atom. The summed E-state index contributed by atoms with van der Waals surface area (Å²) in [6, 6.07) is 26.9. The van der Waals surface area contributed by atoms with E-state index in [9.17, 15) is 0 Å². The van der Waals surface area contributed by atoms with E-state index in [2.05, 4.69) is 97.3 Å². The summed E-state index contributed by atoms with van der Waals surface area (Å²) in [5, 5.41) is 17.3. The molecule has 0 bridgehead atoms. The van der Waals surface area contributed by atoms with Crippen LogP contribution in [0.1, 0.15) is 13.8 Å². The molecule has 0 amide bonds. The van der Waals surface area contributed by atoms with Crippen LogP contribution in [-0.4, -0.2) is 13.1 Å². The van der Waals surface area contributed by atoms with E-state index in [1.807, 2.05) is 0 Å². The summed E-state index contributed by atoms with van der Waals surface area (Å²) in [6.07, 6.45) is 0. The van der Waals surface area contributed by atoms with Gasteiger partial charge in [-0.25, -0.2) is 0 Å². The average Bonchev–Trinajstić information content (AvgIpc) is 2.73. The molecule has 5 aromatic carbocycles. The van der Waals surface area contributed by atoms with Crippen LogP contribution in [0.4, 0.5) is 11.4 Å². The van der Waals surface area contributed by atoms with Crippen molar-refractivity contribution >= 4 is 54.5 Å². The Kier molecular flexibility index (Phi) is 4.05. The summed E-state index contributed by atoms with van der Waals surface area (Å²) in [5.41, 5.74) is 2.36. The lowest BCUT2D eigenvalue weighted by Gasteiger charge is -2.12. The molecule has 0 radical (unpaired) electrons. The Balaban J connectivity index is 1.76. The number of nitrogens with one attached hydrogen (secondary N) is 2. The van der Waals surface area contributed by atoms with Gasteiger partial charge in [-0.15, -0.1) is 0 Å². The van der Waals surface area contributed by atoms with E-state index >= 15 is 0 Å². The van der Waals surface area contributed by atoms with Crippen LogP contribution in [0.15, 0.2) is 72.8 Å². The van der Waals surface area contributed by atoms with Crippen molar-refractivity contribution in [3.63, 3.8) is 0 Å². The monoisotopic (exact) mass is 364 g/mol. The van der Waals surface area contributed by atoms with Gasteiger partial charge in [-0.05, 0) is 81.2 Å². The molecule has 5 aromatic rings. The summed E-state index contributed by atoms with van der Waals surface area (Å²) >= 11 is 0. The van der Waals surface area contributed by atoms with Crippen molar-refractivity contribution in [2.75, 3.05) is 23.7 Å². The molecule has 0 heterocycles. The van der Waals surface area contributed by atoms with Crippen LogP contribution in [-0.2, 0) is 0 Å². The molecule has 0 aliphatic carbocycles. The molecular formula is C26H24N2. The van der Waals surface area contributed by atoms with Crippen molar-refractivity contribution in [2.24, 2.45) is 0 Å². The second-order valence-corrected chi connectivity index (χ2v) is 7.32. The molecular weight excluding hydrogens is 340 g/mol. The molecule has 0 aliphatic heterocycles. The van der Waals surface area contributed by atoms with Crippen molar-refractivity contribution < 1.29 is 0 Å². The van der Waals surface area contributed by atoms with Crippen molar-refractivity contribution in [2.45, 2.75) is 13.8 Å². The first-order valence-electron chi connectivity index (χ1n) is 10.1. The van der Waals surface area contributed by atoms with Gasteiger partial charge < -0.3 is 10.6 Å². The fourth-order valence-corrected chi connectivity index (χ4v) is 4.33. The van der Waals surface area contributed by atoms with Gasteiger partial charge in [0.1, 0.15) is 0 Å². The van der Waals surface area contributed by atoms with Crippen molar-refractivity contribution in [3.05, 3.63) is 72.8 Å². The first-order chi connectivity index (χ1) is 13.8. The van der Waals surface area contributed by atoms with Crippen LogP contribution in [0, 0.1) is 0 Å². The van der Waals surface area contributed by atoms with Crippen LogP contribution in [0.5, 0.6) is 0 Å². The molecule has 0 saturated carbocycles. The highest BCUT2D eigenvalue weighted by Gasteiger charge is 2.08. The zero-order valence-electron chi connectivity index (χ0n) is 16.3. The molecule has 2 heteroatoms. The van der Waals surface area contributed by atoms with Crippen LogP contribution < -0.4 is 10.6 Å². The maximum Gasteiger partial charge on any atom is 0.0346 e. The van der Waals surface area contributed by atoms with Crippen molar-refractivity contribution in [1.29, 1.82) is 0 Å². The Hall–Kier alpha value is -3.26. The van der Waals surface area contributed by atoms with E-state index < -0.39 is 0 Å². The van der Waals surface area contributed by atoms with E-state index in [0.29, 0.717) is 0 Å². The predicted octanol–water partition coefficient (Wildman–Crippen LogP) is 7.16.